The highest BCUT2D eigenvalue weighted by molar-refractivity contribution is 6.03. The van der Waals surface area contributed by atoms with Crippen LogP contribution in [0.4, 0.5) is 0 Å². The van der Waals surface area contributed by atoms with Gasteiger partial charge in [0.25, 0.3) is 0 Å². The van der Waals surface area contributed by atoms with E-state index in [1.54, 1.807) is 10.7 Å². The molecule has 0 aliphatic carbocycles. The fraction of sp³-hybridized carbons (Fsp3) is 0.150. The van der Waals surface area contributed by atoms with Crippen LogP contribution in [0.1, 0.15) is 27.4 Å². The van der Waals surface area contributed by atoms with Gasteiger partial charge in [-0.15, -0.1) is 5.10 Å². The minimum Gasteiger partial charge on any atom is -0.454 e. The first-order valence-electron chi connectivity index (χ1n) is 8.53. The lowest BCUT2D eigenvalue weighted by Gasteiger charge is -2.09. The van der Waals surface area contributed by atoms with E-state index in [-0.39, 0.29) is 6.61 Å². The molecule has 0 radical (unpaired) electrons. The van der Waals surface area contributed by atoms with Crippen LogP contribution in [-0.2, 0) is 17.9 Å². The van der Waals surface area contributed by atoms with Crippen molar-refractivity contribution in [2.45, 2.75) is 20.1 Å². The first kappa shape index (κ1) is 16.8. The third-order valence-corrected chi connectivity index (χ3v) is 4.18. The van der Waals surface area contributed by atoms with Crippen LogP contribution in [0.5, 0.6) is 0 Å². The molecule has 2 heterocycles. The Labute approximate surface area is 155 Å². The van der Waals surface area contributed by atoms with Gasteiger partial charge in [0.2, 0.25) is 0 Å². The molecule has 7 nitrogen and oxygen atoms in total. The van der Waals surface area contributed by atoms with E-state index in [1.165, 1.54) is 0 Å². The molecule has 0 aliphatic rings. The average molecular weight is 359 g/mol. The van der Waals surface area contributed by atoms with Crippen LogP contribution >= 0.6 is 0 Å². The van der Waals surface area contributed by atoms with Crippen LogP contribution in [0, 0.1) is 6.92 Å². The fourth-order valence-corrected chi connectivity index (χ4v) is 2.89. The number of benzene rings is 2. The molecule has 0 N–H and O–H groups in total. The Morgan fingerprint density at radius 2 is 1.85 bits per heavy atom. The number of fused-ring (bicyclic) bond motifs is 1. The zero-order valence-electron chi connectivity index (χ0n) is 14.7. The maximum Gasteiger partial charge on any atom is 0.339 e. The molecule has 0 spiro atoms. The SMILES string of the molecule is Cc1cc(C(=O)OCc2nnnn2Cc2ccccc2)c2ccccc2n1. The number of aromatic nitrogens is 5. The number of hydrogen-bond acceptors (Lipinski definition) is 6. The first-order chi connectivity index (χ1) is 13.2. The van der Waals surface area contributed by atoms with E-state index in [9.17, 15) is 4.79 Å². The van der Waals surface area contributed by atoms with Gasteiger partial charge in [0.05, 0.1) is 17.6 Å². The van der Waals surface area contributed by atoms with Crippen LogP contribution in [0.15, 0.2) is 60.7 Å². The summed E-state index contributed by atoms with van der Waals surface area (Å²) in [5, 5.41) is 12.4. The van der Waals surface area contributed by atoms with Gasteiger partial charge in [-0.2, -0.15) is 0 Å². The third-order valence-electron chi connectivity index (χ3n) is 4.18. The van der Waals surface area contributed by atoms with Crippen molar-refractivity contribution < 1.29 is 9.53 Å². The summed E-state index contributed by atoms with van der Waals surface area (Å²) in [5.41, 5.74) is 3.07. The van der Waals surface area contributed by atoms with Crippen molar-refractivity contribution in [2.75, 3.05) is 0 Å². The summed E-state index contributed by atoms with van der Waals surface area (Å²) in [6.45, 7) is 2.36. The predicted molar refractivity (Wildman–Crippen MR) is 99.0 cm³/mol. The molecule has 0 unspecified atom stereocenters. The minimum absolute atomic E-state index is 0.00559. The van der Waals surface area contributed by atoms with Gasteiger partial charge in [0.1, 0.15) is 0 Å². The Hall–Kier alpha value is -3.61. The molecule has 0 fully saturated rings. The van der Waals surface area contributed by atoms with E-state index < -0.39 is 5.97 Å². The Balaban J connectivity index is 1.52. The van der Waals surface area contributed by atoms with Crippen LogP contribution in [0.3, 0.4) is 0 Å². The highest BCUT2D eigenvalue weighted by Gasteiger charge is 2.15. The molecular formula is C20H17N5O2. The Morgan fingerprint density at radius 3 is 2.70 bits per heavy atom. The smallest absolute Gasteiger partial charge is 0.339 e. The maximum absolute atomic E-state index is 12.6. The molecule has 4 rings (SSSR count). The van der Waals surface area contributed by atoms with Gasteiger partial charge in [-0.3, -0.25) is 4.98 Å². The van der Waals surface area contributed by atoms with Crippen molar-refractivity contribution in [1.29, 1.82) is 0 Å². The molecular weight excluding hydrogens is 342 g/mol. The number of carbonyl (C=O) groups excluding carboxylic acids is 1. The number of rotatable bonds is 5. The van der Waals surface area contributed by atoms with Crippen molar-refractivity contribution in [3.63, 3.8) is 0 Å². The predicted octanol–water partition coefficient (Wildman–Crippen LogP) is 2.94. The number of nitrogens with zero attached hydrogens (tertiary/aromatic N) is 5. The Kier molecular flexibility index (Phi) is 4.57. The monoisotopic (exact) mass is 359 g/mol. The van der Waals surface area contributed by atoms with Gasteiger partial charge in [0.15, 0.2) is 12.4 Å². The fourth-order valence-electron chi connectivity index (χ4n) is 2.89. The summed E-state index contributed by atoms with van der Waals surface area (Å²) in [7, 11) is 0. The topological polar surface area (TPSA) is 82.8 Å². The van der Waals surface area contributed by atoms with Gasteiger partial charge in [0, 0.05) is 11.1 Å². The number of hydrogen-bond donors (Lipinski definition) is 0. The summed E-state index contributed by atoms with van der Waals surface area (Å²) >= 11 is 0. The average Bonchev–Trinajstić information content (AvgIpc) is 3.13. The van der Waals surface area contributed by atoms with Crippen molar-refractivity contribution in [2.24, 2.45) is 0 Å². The van der Waals surface area contributed by atoms with Crippen LogP contribution in [0.25, 0.3) is 10.9 Å². The van der Waals surface area contributed by atoms with Gasteiger partial charge < -0.3 is 4.74 Å². The molecule has 2 aromatic heterocycles. The zero-order chi connectivity index (χ0) is 18.6. The van der Waals surface area contributed by atoms with Gasteiger partial charge in [-0.25, -0.2) is 9.48 Å². The third kappa shape index (κ3) is 3.67. The normalized spacial score (nSPS) is 10.9. The number of aryl methyl sites for hydroxylation is 1. The van der Waals surface area contributed by atoms with Crippen LogP contribution in [0.2, 0.25) is 0 Å². The first-order valence-corrected chi connectivity index (χ1v) is 8.53. The van der Waals surface area contributed by atoms with E-state index in [0.29, 0.717) is 17.9 Å². The molecule has 0 amide bonds. The number of para-hydroxylation sites is 1. The second-order valence-electron chi connectivity index (χ2n) is 6.14. The van der Waals surface area contributed by atoms with Gasteiger partial charge >= 0.3 is 5.97 Å². The van der Waals surface area contributed by atoms with E-state index in [2.05, 4.69) is 20.5 Å². The van der Waals surface area contributed by atoms with Crippen molar-refractivity contribution >= 4 is 16.9 Å². The minimum atomic E-state index is -0.425. The lowest BCUT2D eigenvalue weighted by molar-refractivity contribution is 0.0459. The summed E-state index contributed by atoms with van der Waals surface area (Å²) < 4.78 is 7.11. The number of pyridine rings is 1. The maximum atomic E-state index is 12.6. The molecule has 0 bridgehead atoms. The molecule has 0 atom stereocenters. The molecule has 27 heavy (non-hydrogen) atoms. The van der Waals surface area contributed by atoms with E-state index in [1.807, 2.05) is 61.5 Å². The van der Waals surface area contributed by atoms with E-state index in [4.69, 9.17) is 4.74 Å². The number of ether oxygens (including phenoxy) is 1. The zero-order valence-corrected chi connectivity index (χ0v) is 14.7. The second-order valence-corrected chi connectivity index (χ2v) is 6.14. The van der Waals surface area contributed by atoms with E-state index in [0.717, 1.165) is 22.2 Å². The number of carbonyl (C=O) groups is 1. The molecule has 0 aliphatic heterocycles. The summed E-state index contributed by atoms with van der Waals surface area (Å²) in [6, 6.07) is 19.1. The number of tetrazole rings is 1. The summed E-state index contributed by atoms with van der Waals surface area (Å²) in [4.78, 5) is 17.1. The Bertz CT molecular complexity index is 1090. The molecule has 134 valence electrons. The molecule has 2 aromatic carbocycles. The highest BCUT2D eigenvalue weighted by atomic mass is 16.5. The lowest BCUT2D eigenvalue weighted by atomic mass is 10.1. The van der Waals surface area contributed by atoms with Crippen molar-refractivity contribution in [3.05, 3.63) is 83.3 Å². The lowest BCUT2D eigenvalue weighted by Crippen LogP contribution is -2.12. The molecule has 0 saturated carbocycles. The van der Waals surface area contributed by atoms with Gasteiger partial charge in [-0.05, 0) is 35.0 Å². The number of esters is 1. The summed E-state index contributed by atoms with van der Waals surface area (Å²) in [5.74, 6) is 0.0632. The largest absolute Gasteiger partial charge is 0.454 e. The molecule has 7 heteroatoms. The molecule has 4 aromatic rings. The highest BCUT2D eigenvalue weighted by Crippen LogP contribution is 2.19. The van der Waals surface area contributed by atoms with Gasteiger partial charge in [-0.1, -0.05) is 48.5 Å². The van der Waals surface area contributed by atoms with Crippen molar-refractivity contribution in [1.82, 2.24) is 25.2 Å². The van der Waals surface area contributed by atoms with E-state index >= 15 is 0 Å². The van der Waals surface area contributed by atoms with Crippen LogP contribution < -0.4 is 0 Å². The van der Waals surface area contributed by atoms with Crippen molar-refractivity contribution in [3.8, 4) is 0 Å². The molecule has 0 saturated heterocycles. The quantitative estimate of drug-likeness (QED) is 0.510. The summed E-state index contributed by atoms with van der Waals surface area (Å²) in [6.07, 6.45) is 0. The second kappa shape index (κ2) is 7.33. The Morgan fingerprint density at radius 1 is 1.07 bits per heavy atom. The van der Waals surface area contributed by atoms with Crippen LogP contribution in [-0.4, -0.2) is 31.2 Å². The standard InChI is InChI=1S/C20H17N5O2/c1-14-11-17(16-9-5-6-10-18(16)21-14)20(26)27-13-19-22-23-24-25(19)12-15-7-3-2-4-8-15/h2-11H,12-13H2,1H3.